The Morgan fingerprint density at radius 3 is 2.04 bits per heavy atom. The van der Waals surface area contributed by atoms with E-state index in [1.807, 2.05) is 0 Å². The predicted molar refractivity (Wildman–Crippen MR) is 106 cm³/mol. The molecular weight excluding hydrogens is 300 g/mol. The highest BCUT2D eigenvalue weighted by Gasteiger charge is 2.56. The molecule has 0 N–H and O–H groups in total. The van der Waals surface area contributed by atoms with E-state index in [-0.39, 0.29) is 0 Å². The number of fused-ring (bicyclic) bond motifs is 3. The first-order chi connectivity index (χ1) is 12.3. The lowest BCUT2D eigenvalue weighted by atomic mass is 9.83. The molecule has 0 spiro atoms. The fourth-order valence-corrected chi connectivity index (χ4v) is 4.81. The highest BCUT2D eigenvalue weighted by Crippen LogP contribution is 2.69. The zero-order valence-corrected chi connectivity index (χ0v) is 14.7. The van der Waals surface area contributed by atoms with Gasteiger partial charge < -0.3 is 0 Å². The Bertz CT molecular complexity index is 960. The molecule has 0 saturated heterocycles. The summed E-state index contributed by atoms with van der Waals surface area (Å²) in [6.45, 7) is 4.47. The Morgan fingerprint density at radius 2 is 1.28 bits per heavy atom. The molecule has 0 amide bonds. The molecule has 3 aromatic rings. The van der Waals surface area contributed by atoms with E-state index in [4.69, 9.17) is 0 Å². The Kier molecular flexibility index (Phi) is 3.21. The molecule has 0 aromatic heterocycles. The lowest BCUT2D eigenvalue weighted by molar-refractivity contribution is 1.00. The summed E-state index contributed by atoms with van der Waals surface area (Å²) >= 11 is 0. The molecule has 1 fully saturated rings. The Hall–Kier alpha value is -2.60. The minimum atomic E-state index is 0.606. The van der Waals surface area contributed by atoms with Crippen LogP contribution in [-0.4, -0.2) is 0 Å². The number of benzene rings is 3. The van der Waals surface area contributed by atoms with Crippen molar-refractivity contribution in [2.24, 2.45) is 5.92 Å². The molecule has 2 aliphatic carbocycles. The van der Waals surface area contributed by atoms with Crippen molar-refractivity contribution in [1.82, 2.24) is 0 Å². The fourth-order valence-electron chi connectivity index (χ4n) is 4.81. The number of allylic oxidation sites excluding steroid dienone is 2. The molecule has 0 nitrogen and oxygen atoms in total. The van der Waals surface area contributed by atoms with Gasteiger partial charge in [0.2, 0.25) is 0 Å². The largest absolute Gasteiger partial charge is 0.0622 e. The molecule has 0 heteroatoms. The predicted octanol–water partition coefficient (Wildman–Crippen LogP) is 6.44. The monoisotopic (exact) mass is 322 g/mol. The lowest BCUT2D eigenvalue weighted by Crippen LogP contribution is -2.02. The summed E-state index contributed by atoms with van der Waals surface area (Å²) in [5.41, 5.74) is 10.2. The third kappa shape index (κ3) is 2.21. The molecule has 1 saturated carbocycles. The molecular formula is C25H22. The van der Waals surface area contributed by atoms with Crippen LogP contribution in [0.3, 0.4) is 0 Å². The van der Waals surface area contributed by atoms with E-state index < -0.39 is 0 Å². The Balaban J connectivity index is 1.69. The number of aryl methyl sites for hydroxylation is 1. The van der Waals surface area contributed by atoms with Crippen LogP contribution in [0.4, 0.5) is 0 Å². The van der Waals surface area contributed by atoms with Crippen molar-refractivity contribution in [3.05, 3.63) is 107 Å². The summed E-state index contributed by atoms with van der Waals surface area (Å²) < 4.78 is 0. The van der Waals surface area contributed by atoms with Crippen LogP contribution in [0.5, 0.6) is 0 Å². The summed E-state index contributed by atoms with van der Waals surface area (Å²) in [4.78, 5) is 0. The topological polar surface area (TPSA) is 0 Å². The molecule has 122 valence electrons. The first-order valence-electron chi connectivity index (χ1n) is 9.18. The van der Waals surface area contributed by atoms with Crippen LogP contribution >= 0.6 is 0 Å². The first kappa shape index (κ1) is 14.7. The zero-order valence-electron chi connectivity index (χ0n) is 14.7. The normalized spacial score (nSPS) is 23.8. The van der Waals surface area contributed by atoms with Gasteiger partial charge in [-0.25, -0.2) is 0 Å². The van der Waals surface area contributed by atoms with Gasteiger partial charge in [0.25, 0.3) is 0 Å². The average Bonchev–Trinajstić information content (AvgIpc) is 3.39. The van der Waals surface area contributed by atoms with Gasteiger partial charge in [-0.05, 0) is 65.0 Å². The molecule has 0 heterocycles. The van der Waals surface area contributed by atoms with E-state index in [0.717, 1.165) is 0 Å². The first-order valence-corrected chi connectivity index (χ1v) is 9.18. The maximum atomic E-state index is 2.34. The molecule has 3 atom stereocenters. The zero-order chi connectivity index (χ0) is 17.0. The van der Waals surface area contributed by atoms with Gasteiger partial charge in [-0.3, -0.25) is 0 Å². The molecule has 3 aromatic carbocycles. The minimum Gasteiger partial charge on any atom is -0.0622 e. The van der Waals surface area contributed by atoms with Crippen LogP contribution in [0, 0.1) is 12.8 Å². The lowest BCUT2D eigenvalue weighted by Gasteiger charge is -2.21. The van der Waals surface area contributed by atoms with Crippen LogP contribution in [0.15, 0.2) is 78.9 Å². The minimum absolute atomic E-state index is 0.606. The van der Waals surface area contributed by atoms with E-state index in [1.54, 1.807) is 5.57 Å². The van der Waals surface area contributed by atoms with Gasteiger partial charge in [-0.2, -0.15) is 0 Å². The highest BCUT2D eigenvalue weighted by atomic mass is 14.6. The summed E-state index contributed by atoms with van der Waals surface area (Å²) in [6, 6.07) is 29.2. The van der Waals surface area contributed by atoms with E-state index in [2.05, 4.69) is 92.7 Å². The third-order valence-electron chi connectivity index (χ3n) is 6.03. The van der Waals surface area contributed by atoms with Crippen LogP contribution in [0.2, 0.25) is 0 Å². The van der Waals surface area contributed by atoms with E-state index in [1.165, 1.54) is 33.4 Å². The third-order valence-corrected chi connectivity index (χ3v) is 6.03. The standard InChI is InChI=1S/C25H22/c1-16-12-14-19(15-13-16)23-24-21-11-7-6-10-20(21)17(2)22(25(23)24)18-8-4-3-5-9-18/h3-15,23-25H,1-2H3. The van der Waals surface area contributed by atoms with E-state index >= 15 is 0 Å². The molecule has 0 radical (unpaired) electrons. The Morgan fingerprint density at radius 1 is 0.600 bits per heavy atom. The summed E-state index contributed by atoms with van der Waals surface area (Å²) in [5, 5.41) is 0. The number of rotatable bonds is 2. The number of hydrogen-bond donors (Lipinski definition) is 0. The molecule has 2 aliphatic rings. The molecule has 25 heavy (non-hydrogen) atoms. The maximum absolute atomic E-state index is 2.34. The fraction of sp³-hybridized carbons (Fsp3) is 0.200. The van der Waals surface area contributed by atoms with E-state index in [9.17, 15) is 0 Å². The van der Waals surface area contributed by atoms with Gasteiger partial charge in [-0.15, -0.1) is 0 Å². The van der Waals surface area contributed by atoms with Crippen molar-refractivity contribution in [1.29, 1.82) is 0 Å². The second kappa shape index (κ2) is 5.46. The van der Waals surface area contributed by atoms with Gasteiger partial charge in [0.05, 0.1) is 0 Å². The van der Waals surface area contributed by atoms with Crippen LogP contribution < -0.4 is 0 Å². The summed E-state index contributed by atoms with van der Waals surface area (Å²) in [6.07, 6.45) is 0. The smallest absolute Gasteiger partial charge is 0.000305 e. The Labute approximate surface area is 149 Å². The molecule has 0 aliphatic heterocycles. The SMILES string of the molecule is CC1=C(c2ccccc2)C2C(c3ccc(C)cc3)C2c2ccccc21. The molecule has 3 unspecified atom stereocenters. The summed E-state index contributed by atoms with van der Waals surface area (Å²) in [5.74, 6) is 1.84. The quantitative estimate of drug-likeness (QED) is 0.509. The van der Waals surface area contributed by atoms with Crippen molar-refractivity contribution in [3.63, 3.8) is 0 Å². The average molecular weight is 322 g/mol. The van der Waals surface area contributed by atoms with Crippen LogP contribution in [0.1, 0.15) is 46.6 Å². The van der Waals surface area contributed by atoms with Crippen LogP contribution in [-0.2, 0) is 0 Å². The second-order valence-corrected chi connectivity index (χ2v) is 7.48. The van der Waals surface area contributed by atoms with Crippen molar-refractivity contribution in [2.45, 2.75) is 25.7 Å². The van der Waals surface area contributed by atoms with Crippen molar-refractivity contribution in [3.8, 4) is 0 Å². The molecule has 5 rings (SSSR count). The van der Waals surface area contributed by atoms with Gasteiger partial charge in [-0.1, -0.05) is 84.4 Å². The highest BCUT2D eigenvalue weighted by molar-refractivity contribution is 5.97. The van der Waals surface area contributed by atoms with E-state index in [0.29, 0.717) is 17.8 Å². The van der Waals surface area contributed by atoms with Gasteiger partial charge >= 0.3 is 0 Å². The second-order valence-electron chi connectivity index (χ2n) is 7.48. The van der Waals surface area contributed by atoms with Crippen LogP contribution in [0.25, 0.3) is 11.1 Å². The number of hydrogen-bond acceptors (Lipinski definition) is 0. The van der Waals surface area contributed by atoms with Crippen molar-refractivity contribution in [2.75, 3.05) is 0 Å². The van der Waals surface area contributed by atoms with Crippen molar-refractivity contribution < 1.29 is 0 Å². The maximum Gasteiger partial charge on any atom is -0.000305 e. The molecule has 0 bridgehead atoms. The van der Waals surface area contributed by atoms with Crippen molar-refractivity contribution >= 4 is 11.1 Å². The summed E-state index contributed by atoms with van der Waals surface area (Å²) in [7, 11) is 0. The van der Waals surface area contributed by atoms with Gasteiger partial charge in [0.1, 0.15) is 0 Å². The van der Waals surface area contributed by atoms with Gasteiger partial charge in [0.15, 0.2) is 0 Å². The van der Waals surface area contributed by atoms with Gasteiger partial charge in [0, 0.05) is 0 Å².